The van der Waals surface area contributed by atoms with Crippen molar-refractivity contribution < 1.29 is 4.79 Å². The van der Waals surface area contributed by atoms with Crippen LogP contribution in [0.15, 0.2) is 64.5 Å². The second-order valence-corrected chi connectivity index (χ2v) is 6.39. The van der Waals surface area contributed by atoms with Gasteiger partial charge in [0.25, 0.3) is 5.56 Å². The summed E-state index contributed by atoms with van der Waals surface area (Å²) < 4.78 is 0. The molecule has 0 unspecified atom stereocenters. The summed E-state index contributed by atoms with van der Waals surface area (Å²) in [5.41, 5.74) is 4.24. The van der Waals surface area contributed by atoms with E-state index in [-0.39, 0.29) is 17.9 Å². The smallest absolute Gasteiger partial charge is 0.267 e. The van der Waals surface area contributed by atoms with E-state index in [0.717, 1.165) is 27.1 Å². The summed E-state index contributed by atoms with van der Waals surface area (Å²) in [6.07, 6.45) is 1.63. The fourth-order valence-corrected chi connectivity index (χ4v) is 3.24. The maximum atomic E-state index is 12.1. The minimum absolute atomic E-state index is 0.0295. The van der Waals surface area contributed by atoms with Crippen LogP contribution in [-0.4, -0.2) is 22.3 Å². The van der Waals surface area contributed by atoms with E-state index in [0.29, 0.717) is 11.3 Å². The molecule has 3 aromatic carbocycles. The average molecular weight is 358 g/mol. The van der Waals surface area contributed by atoms with Crippen molar-refractivity contribution in [1.82, 2.24) is 15.6 Å². The average Bonchev–Trinajstić information content (AvgIpc) is 2.99. The van der Waals surface area contributed by atoms with Gasteiger partial charge in [-0.3, -0.25) is 14.7 Å². The highest BCUT2D eigenvalue weighted by atomic mass is 16.2. The zero-order valence-corrected chi connectivity index (χ0v) is 14.7. The minimum atomic E-state index is -0.344. The van der Waals surface area contributed by atoms with Gasteiger partial charge in [0.15, 0.2) is 0 Å². The number of hydrazone groups is 1. The number of nitrogens with zero attached hydrogens (tertiary/aromatic N) is 1. The molecule has 0 spiro atoms. The van der Waals surface area contributed by atoms with Crippen molar-refractivity contribution in [2.45, 2.75) is 13.3 Å². The summed E-state index contributed by atoms with van der Waals surface area (Å²) in [5, 5.41) is 13.7. The number of aromatic amines is 2. The Hall–Kier alpha value is -3.67. The molecule has 0 bridgehead atoms. The van der Waals surface area contributed by atoms with Crippen molar-refractivity contribution in [1.29, 1.82) is 0 Å². The largest absolute Gasteiger partial charge is 0.302 e. The highest BCUT2D eigenvalue weighted by molar-refractivity contribution is 6.13. The Morgan fingerprint density at radius 2 is 1.67 bits per heavy atom. The second-order valence-electron chi connectivity index (χ2n) is 6.39. The number of amides is 1. The summed E-state index contributed by atoms with van der Waals surface area (Å²) in [4.78, 5) is 23.8. The third-order valence-corrected chi connectivity index (χ3v) is 4.62. The van der Waals surface area contributed by atoms with Gasteiger partial charge in [-0.2, -0.15) is 5.10 Å². The highest BCUT2D eigenvalue weighted by Gasteiger charge is 2.11. The molecule has 6 nitrogen and oxygen atoms in total. The predicted octanol–water partition coefficient (Wildman–Crippen LogP) is 3.01. The van der Waals surface area contributed by atoms with Crippen LogP contribution >= 0.6 is 0 Å². The first-order chi connectivity index (χ1) is 13.1. The molecule has 1 heterocycles. The van der Waals surface area contributed by atoms with E-state index in [1.54, 1.807) is 13.1 Å². The third-order valence-electron chi connectivity index (χ3n) is 4.62. The lowest BCUT2D eigenvalue weighted by Crippen LogP contribution is -2.23. The van der Waals surface area contributed by atoms with Gasteiger partial charge in [-0.15, -0.1) is 0 Å². The van der Waals surface area contributed by atoms with E-state index in [4.69, 9.17) is 0 Å². The van der Waals surface area contributed by atoms with Crippen molar-refractivity contribution in [2.75, 3.05) is 0 Å². The molecule has 0 aliphatic carbocycles. The van der Waals surface area contributed by atoms with Gasteiger partial charge in [-0.25, -0.2) is 5.43 Å². The van der Waals surface area contributed by atoms with Crippen LogP contribution in [0.25, 0.3) is 21.5 Å². The Kier molecular flexibility index (Phi) is 4.30. The van der Waals surface area contributed by atoms with Gasteiger partial charge in [0, 0.05) is 16.8 Å². The summed E-state index contributed by atoms with van der Waals surface area (Å²) >= 11 is 0. The Labute approximate surface area is 154 Å². The van der Waals surface area contributed by atoms with Gasteiger partial charge in [0.1, 0.15) is 0 Å². The Morgan fingerprint density at radius 1 is 1.04 bits per heavy atom. The molecular weight excluding hydrogens is 340 g/mol. The number of hydrogen-bond acceptors (Lipinski definition) is 3. The first kappa shape index (κ1) is 16.8. The summed E-state index contributed by atoms with van der Waals surface area (Å²) in [7, 11) is 0. The van der Waals surface area contributed by atoms with Crippen molar-refractivity contribution in [2.24, 2.45) is 5.10 Å². The number of fused-ring (bicyclic) bond motifs is 2. The SMILES string of the molecule is Cc1[nH][nH]c(=O)c1CC(=O)N/N=C\c1c2ccccc2cc2ccccc12. The molecule has 27 heavy (non-hydrogen) atoms. The molecule has 3 N–H and O–H groups in total. The van der Waals surface area contributed by atoms with Gasteiger partial charge in [0.2, 0.25) is 5.91 Å². The lowest BCUT2D eigenvalue weighted by atomic mass is 9.97. The van der Waals surface area contributed by atoms with Crippen LogP contribution in [0.2, 0.25) is 0 Å². The number of aryl methyl sites for hydroxylation is 1. The molecule has 4 aromatic rings. The Bertz CT molecular complexity index is 1180. The summed E-state index contributed by atoms with van der Waals surface area (Å²) in [5.74, 6) is -0.344. The molecule has 0 aliphatic heterocycles. The molecule has 0 aliphatic rings. The van der Waals surface area contributed by atoms with E-state index in [1.807, 2.05) is 36.4 Å². The number of rotatable bonds is 4. The zero-order chi connectivity index (χ0) is 18.8. The van der Waals surface area contributed by atoms with Gasteiger partial charge >= 0.3 is 0 Å². The predicted molar refractivity (Wildman–Crippen MR) is 107 cm³/mol. The molecule has 1 amide bonds. The molecule has 0 radical (unpaired) electrons. The van der Waals surface area contributed by atoms with Crippen molar-refractivity contribution in [3.8, 4) is 0 Å². The van der Waals surface area contributed by atoms with Crippen LogP contribution in [0.4, 0.5) is 0 Å². The van der Waals surface area contributed by atoms with Crippen LogP contribution in [0.5, 0.6) is 0 Å². The summed E-state index contributed by atoms with van der Waals surface area (Å²) in [6.45, 7) is 1.74. The van der Waals surface area contributed by atoms with E-state index >= 15 is 0 Å². The van der Waals surface area contributed by atoms with Crippen molar-refractivity contribution in [3.63, 3.8) is 0 Å². The van der Waals surface area contributed by atoms with Crippen LogP contribution in [-0.2, 0) is 11.2 Å². The lowest BCUT2D eigenvalue weighted by Gasteiger charge is -2.08. The molecule has 0 atom stereocenters. The third kappa shape index (κ3) is 3.25. The topological polar surface area (TPSA) is 90.1 Å². The van der Waals surface area contributed by atoms with Crippen LogP contribution in [0.1, 0.15) is 16.8 Å². The summed E-state index contributed by atoms with van der Waals surface area (Å²) in [6, 6.07) is 18.3. The molecule has 0 fully saturated rings. The molecule has 0 saturated heterocycles. The number of H-pyrrole nitrogens is 2. The van der Waals surface area contributed by atoms with Crippen LogP contribution in [0, 0.1) is 6.92 Å². The standard InChI is InChI=1S/C21H18N4O2/c1-13-18(21(27)25-23-13)11-20(26)24-22-12-19-16-8-4-2-6-14(16)10-15-7-3-5-9-17(15)19/h2-10,12H,11H2,1H3,(H,24,26)(H2,23,25,27)/b22-12-. The fraction of sp³-hybridized carbons (Fsp3) is 0.0952. The van der Waals surface area contributed by atoms with E-state index < -0.39 is 0 Å². The van der Waals surface area contributed by atoms with Crippen molar-refractivity contribution >= 4 is 33.7 Å². The molecule has 4 rings (SSSR count). The monoisotopic (exact) mass is 358 g/mol. The number of carbonyl (C=O) groups is 1. The zero-order valence-electron chi connectivity index (χ0n) is 14.7. The maximum Gasteiger partial charge on any atom is 0.267 e. The van der Waals surface area contributed by atoms with Gasteiger partial charge < -0.3 is 5.10 Å². The van der Waals surface area contributed by atoms with Gasteiger partial charge in [-0.1, -0.05) is 48.5 Å². The number of benzene rings is 3. The molecular formula is C21H18N4O2. The maximum absolute atomic E-state index is 12.1. The quantitative estimate of drug-likeness (QED) is 0.297. The van der Waals surface area contributed by atoms with Crippen LogP contribution < -0.4 is 11.0 Å². The van der Waals surface area contributed by atoms with E-state index in [1.165, 1.54) is 0 Å². The van der Waals surface area contributed by atoms with Gasteiger partial charge in [-0.05, 0) is 34.5 Å². The molecule has 1 aromatic heterocycles. The first-order valence-electron chi connectivity index (χ1n) is 8.62. The number of hydrogen-bond donors (Lipinski definition) is 3. The molecule has 0 saturated carbocycles. The van der Waals surface area contributed by atoms with E-state index in [9.17, 15) is 9.59 Å². The van der Waals surface area contributed by atoms with E-state index in [2.05, 4.69) is 38.9 Å². The minimum Gasteiger partial charge on any atom is -0.302 e. The second kappa shape index (κ2) is 6.92. The Morgan fingerprint density at radius 3 is 2.26 bits per heavy atom. The molecule has 134 valence electrons. The number of nitrogens with one attached hydrogen (secondary N) is 3. The highest BCUT2D eigenvalue weighted by Crippen LogP contribution is 2.27. The van der Waals surface area contributed by atoms with Gasteiger partial charge in [0.05, 0.1) is 12.6 Å². The fourth-order valence-electron chi connectivity index (χ4n) is 3.24. The Balaban J connectivity index is 1.64. The lowest BCUT2D eigenvalue weighted by molar-refractivity contribution is -0.120. The normalized spacial score (nSPS) is 11.4. The molecule has 6 heteroatoms. The first-order valence-corrected chi connectivity index (χ1v) is 8.62. The van der Waals surface area contributed by atoms with Crippen molar-refractivity contribution in [3.05, 3.63) is 81.8 Å². The number of carbonyl (C=O) groups excluding carboxylic acids is 1. The number of aromatic nitrogens is 2. The van der Waals surface area contributed by atoms with Crippen LogP contribution in [0.3, 0.4) is 0 Å².